The van der Waals surface area contributed by atoms with Gasteiger partial charge in [0.1, 0.15) is 11.5 Å². The highest BCUT2D eigenvalue weighted by molar-refractivity contribution is 5.68. The molecule has 0 amide bonds. The van der Waals surface area contributed by atoms with Gasteiger partial charge in [-0.25, -0.2) is 0 Å². The molecule has 4 rings (SSSR count). The highest BCUT2D eigenvalue weighted by atomic mass is 16.3. The molecule has 0 saturated carbocycles. The SMILES string of the molecule is c1ccc(CCc2cc3c(o2)-c2ccccc2CC3)cc1. The van der Waals surface area contributed by atoms with Gasteiger partial charge in [-0.2, -0.15) is 0 Å². The van der Waals surface area contributed by atoms with Crippen molar-refractivity contribution in [3.8, 4) is 11.3 Å². The summed E-state index contributed by atoms with van der Waals surface area (Å²) < 4.78 is 6.15. The molecule has 21 heavy (non-hydrogen) atoms. The van der Waals surface area contributed by atoms with Crippen molar-refractivity contribution in [2.24, 2.45) is 0 Å². The van der Waals surface area contributed by atoms with E-state index in [4.69, 9.17) is 4.42 Å². The fourth-order valence-electron chi connectivity index (χ4n) is 3.16. The maximum atomic E-state index is 6.15. The van der Waals surface area contributed by atoms with Crippen LogP contribution in [0.2, 0.25) is 0 Å². The summed E-state index contributed by atoms with van der Waals surface area (Å²) in [6.07, 6.45) is 4.23. The summed E-state index contributed by atoms with van der Waals surface area (Å²) in [5.41, 5.74) is 5.43. The Balaban J connectivity index is 1.59. The number of furan rings is 1. The van der Waals surface area contributed by atoms with Crippen LogP contribution in [0.3, 0.4) is 0 Å². The average molecular weight is 274 g/mol. The van der Waals surface area contributed by atoms with Gasteiger partial charge in [-0.15, -0.1) is 0 Å². The van der Waals surface area contributed by atoms with Crippen molar-refractivity contribution in [1.29, 1.82) is 0 Å². The zero-order valence-corrected chi connectivity index (χ0v) is 12.0. The molecule has 1 aromatic heterocycles. The maximum absolute atomic E-state index is 6.15. The third-order valence-electron chi connectivity index (χ3n) is 4.29. The second-order valence-corrected chi connectivity index (χ2v) is 5.71. The van der Waals surface area contributed by atoms with Gasteiger partial charge in [0.05, 0.1) is 0 Å². The Labute approximate surface area is 125 Å². The minimum Gasteiger partial charge on any atom is -0.461 e. The first kappa shape index (κ1) is 12.5. The van der Waals surface area contributed by atoms with Crippen molar-refractivity contribution in [3.05, 3.63) is 83.1 Å². The summed E-state index contributed by atoms with van der Waals surface area (Å²) in [5, 5.41) is 0. The van der Waals surface area contributed by atoms with E-state index in [9.17, 15) is 0 Å². The lowest BCUT2D eigenvalue weighted by molar-refractivity contribution is 0.517. The predicted octanol–water partition coefficient (Wildman–Crippen LogP) is 4.83. The fraction of sp³-hybridized carbons (Fsp3) is 0.200. The maximum Gasteiger partial charge on any atom is 0.137 e. The Morgan fingerprint density at radius 2 is 1.52 bits per heavy atom. The summed E-state index contributed by atoms with van der Waals surface area (Å²) >= 11 is 0. The van der Waals surface area contributed by atoms with Crippen LogP contribution in [0.15, 0.2) is 65.1 Å². The van der Waals surface area contributed by atoms with Crippen LogP contribution in [-0.2, 0) is 25.7 Å². The molecule has 104 valence electrons. The third-order valence-corrected chi connectivity index (χ3v) is 4.29. The lowest BCUT2D eigenvalue weighted by Gasteiger charge is -2.14. The Morgan fingerprint density at radius 3 is 2.43 bits per heavy atom. The topological polar surface area (TPSA) is 13.1 Å². The molecule has 0 N–H and O–H groups in total. The van der Waals surface area contributed by atoms with Gasteiger partial charge in [0.25, 0.3) is 0 Å². The molecule has 0 unspecified atom stereocenters. The van der Waals surface area contributed by atoms with Crippen LogP contribution >= 0.6 is 0 Å². The molecule has 0 bridgehead atoms. The number of benzene rings is 2. The van der Waals surface area contributed by atoms with E-state index in [1.54, 1.807) is 0 Å². The zero-order valence-electron chi connectivity index (χ0n) is 12.0. The van der Waals surface area contributed by atoms with Crippen LogP contribution in [0.4, 0.5) is 0 Å². The van der Waals surface area contributed by atoms with Gasteiger partial charge in [-0.1, -0.05) is 54.6 Å². The molecule has 2 aromatic carbocycles. The second-order valence-electron chi connectivity index (χ2n) is 5.71. The molecule has 0 saturated heterocycles. The molecule has 1 aliphatic rings. The van der Waals surface area contributed by atoms with E-state index >= 15 is 0 Å². The summed E-state index contributed by atoms with van der Waals surface area (Å²) in [4.78, 5) is 0. The van der Waals surface area contributed by atoms with Crippen LogP contribution in [-0.4, -0.2) is 0 Å². The molecule has 0 atom stereocenters. The van der Waals surface area contributed by atoms with Crippen molar-refractivity contribution >= 4 is 0 Å². The van der Waals surface area contributed by atoms with E-state index in [2.05, 4.69) is 60.7 Å². The molecule has 0 spiro atoms. The van der Waals surface area contributed by atoms with E-state index in [1.807, 2.05) is 0 Å². The largest absolute Gasteiger partial charge is 0.461 e. The van der Waals surface area contributed by atoms with Crippen LogP contribution in [0.5, 0.6) is 0 Å². The predicted molar refractivity (Wildman–Crippen MR) is 85.4 cm³/mol. The molecule has 3 aromatic rings. The van der Waals surface area contributed by atoms with Gasteiger partial charge in [-0.3, -0.25) is 0 Å². The van der Waals surface area contributed by atoms with Crippen LogP contribution in [0.25, 0.3) is 11.3 Å². The van der Waals surface area contributed by atoms with Gasteiger partial charge in [0.2, 0.25) is 0 Å². The van der Waals surface area contributed by atoms with Gasteiger partial charge in [0, 0.05) is 12.0 Å². The Bertz CT molecular complexity index is 753. The van der Waals surface area contributed by atoms with Crippen molar-refractivity contribution in [2.45, 2.75) is 25.7 Å². The van der Waals surface area contributed by atoms with Crippen molar-refractivity contribution in [1.82, 2.24) is 0 Å². The molecule has 1 heterocycles. The van der Waals surface area contributed by atoms with Crippen molar-refractivity contribution < 1.29 is 4.42 Å². The first-order valence-electron chi connectivity index (χ1n) is 7.64. The highest BCUT2D eigenvalue weighted by Crippen LogP contribution is 2.35. The molecule has 1 heteroatoms. The number of fused-ring (bicyclic) bond motifs is 3. The van der Waals surface area contributed by atoms with E-state index in [-0.39, 0.29) is 0 Å². The highest BCUT2D eigenvalue weighted by Gasteiger charge is 2.20. The summed E-state index contributed by atoms with van der Waals surface area (Å²) in [6, 6.07) is 21.5. The number of aryl methyl sites for hydroxylation is 4. The first-order valence-corrected chi connectivity index (χ1v) is 7.64. The van der Waals surface area contributed by atoms with E-state index in [0.29, 0.717) is 0 Å². The van der Waals surface area contributed by atoms with Gasteiger partial charge >= 0.3 is 0 Å². The third kappa shape index (κ3) is 2.40. The van der Waals surface area contributed by atoms with Gasteiger partial charge in [0.15, 0.2) is 0 Å². The Morgan fingerprint density at radius 1 is 0.762 bits per heavy atom. The minimum absolute atomic E-state index is 0.971. The lowest BCUT2D eigenvalue weighted by Crippen LogP contribution is -2.00. The molecule has 0 radical (unpaired) electrons. The minimum atomic E-state index is 0.971. The molecular weight excluding hydrogens is 256 g/mol. The first-order chi connectivity index (χ1) is 10.4. The molecule has 1 nitrogen and oxygen atoms in total. The Kier molecular flexibility index (Phi) is 3.11. The molecule has 0 fully saturated rings. The van der Waals surface area contributed by atoms with Crippen LogP contribution in [0, 0.1) is 0 Å². The van der Waals surface area contributed by atoms with Gasteiger partial charge < -0.3 is 4.42 Å². The van der Waals surface area contributed by atoms with Crippen molar-refractivity contribution in [3.63, 3.8) is 0 Å². The Hall–Kier alpha value is -2.28. The number of hydrogen-bond acceptors (Lipinski definition) is 1. The average Bonchev–Trinajstić information content (AvgIpc) is 2.97. The number of rotatable bonds is 3. The van der Waals surface area contributed by atoms with Crippen molar-refractivity contribution in [2.75, 3.05) is 0 Å². The quantitative estimate of drug-likeness (QED) is 0.666. The number of hydrogen-bond donors (Lipinski definition) is 0. The molecular formula is C20H18O. The summed E-state index contributed by atoms with van der Waals surface area (Å²) in [7, 11) is 0. The monoisotopic (exact) mass is 274 g/mol. The summed E-state index contributed by atoms with van der Waals surface area (Å²) in [6.45, 7) is 0. The smallest absolute Gasteiger partial charge is 0.137 e. The summed E-state index contributed by atoms with van der Waals surface area (Å²) in [5.74, 6) is 2.21. The van der Waals surface area contributed by atoms with E-state index < -0.39 is 0 Å². The standard InChI is InChI=1S/C20H18O/c1-2-6-15(7-3-1)10-13-18-14-17-12-11-16-8-4-5-9-19(16)20(17)21-18/h1-9,14H,10-13H2. The zero-order chi connectivity index (χ0) is 14.1. The van der Waals surface area contributed by atoms with Crippen LogP contribution < -0.4 is 0 Å². The van der Waals surface area contributed by atoms with Gasteiger partial charge in [-0.05, 0) is 42.0 Å². The molecule has 0 aliphatic heterocycles. The normalized spacial score (nSPS) is 12.8. The molecule has 1 aliphatic carbocycles. The lowest BCUT2D eigenvalue weighted by atomic mass is 9.91. The van der Waals surface area contributed by atoms with E-state index in [0.717, 1.165) is 37.2 Å². The second kappa shape index (κ2) is 5.25. The van der Waals surface area contributed by atoms with E-state index in [1.165, 1.54) is 22.3 Å². The fourth-order valence-corrected chi connectivity index (χ4v) is 3.16. The van der Waals surface area contributed by atoms with Crippen LogP contribution in [0.1, 0.15) is 22.5 Å².